The lowest BCUT2D eigenvalue weighted by Gasteiger charge is -2.16. The van der Waals surface area contributed by atoms with E-state index in [0.29, 0.717) is 22.3 Å². The number of hydrogen-bond acceptors (Lipinski definition) is 13. The van der Waals surface area contributed by atoms with Crippen LogP contribution in [0, 0.1) is 0 Å². The van der Waals surface area contributed by atoms with Gasteiger partial charge in [-0.25, -0.2) is 24.9 Å². The molecular formula is C20H27N9O8. The first-order chi connectivity index (χ1) is 17.4. The molecule has 6 heterocycles. The summed E-state index contributed by atoms with van der Waals surface area (Å²) in [6.45, 7) is -0.379. The van der Waals surface area contributed by atoms with Crippen LogP contribution in [0.3, 0.4) is 0 Å². The van der Waals surface area contributed by atoms with Gasteiger partial charge in [-0.15, -0.1) is 0 Å². The summed E-state index contributed by atoms with van der Waals surface area (Å²) < 4.78 is 14.2. The van der Waals surface area contributed by atoms with Crippen molar-refractivity contribution < 1.29 is 35.4 Å². The number of aromatic amines is 1. The minimum absolute atomic E-state index is 0. The molecule has 0 radical (unpaired) electrons. The van der Waals surface area contributed by atoms with E-state index in [1.165, 1.54) is 23.5 Å². The highest BCUT2D eigenvalue weighted by atomic mass is 16.6. The number of H-pyrrole nitrogens is 1. The Bertz CT molecular complexity index is 1410. The predicted octanol–water partition coefficient (Wildman–Crippen LogP) is -3.02. The fourth-order valence-electron chi connectivity index (χ4n) is 4.27. The highest BCUT2D eigenvalue weighted by Gasteiger charge is 2.44. The van der Waals surface area contributed by atoms with Gasteiger partial charge in [0.05, 0.1) is 38.3 Å². The lowest BCUT2D eigenvalue weighted by atomic mass is 10.1. The first-order valence-electron chi connectivity index (χ1n) is 11.1. The number of fused-ring (bicyclic) bond motifs is 2. The maximum Gasteiger partial charge on any atom is 0.278 e. The number of aliphatic hydroxyl groups excluding tert-OH is 4. The van der Waals surface area contributed by atoms with Crippen molar-refractivity contribution in [2.24, 2.45) is 0 Å². The molecule has 6 rings (SSSR count). The van der Waals surface area contributed by atoms with E-state index in [0.717, 1.165) is 12.8 Å². The van der Waals surface area contributed by atoms with Crippen molar-refractivity contribution in [1.29, 1.82) is 0 Å². The second-order valence-corrected chi connectivity index (χ2v) is 8.34. The van der Waals surface area contributed by atoms with Crippen LogP contribution in [0.4, 0.5) is 5.82 Å². The third kappa shape index (κ3) is 4.76. The summed E-state index contributed by atoms with van der Waals surface area (Å²) in [5, 5.41) is 37.8. The van der Waals surface area contributed by atoms with Crippen molar-refractivity contribution in [3.63, 3.8) is 0 Å². The number of aliphatic hydroxyl groups is 4. The molecule has 0 spiro atoms. The quantitative estimate of drug-likeness (QED) is 0.156. The number of imidazole rings is 2. The molecule has 17 heteroatoms. The molecule has 37 heavy (non-hydrogen) atoms. The van der Waals surface area contributed by atoms with Gasteiger partial charge in [-0.2, -0.15) is 0 Å². The van der Waals surface area contributed by atoms with E-state index in [-0.39, 0.29) is 35.8 Å². The van der Waals surface area contributed by atoms with Crippen molar-refractivity contribution in [3.05, 3.63) is 35.7 Å². The second-order valence-electron chi connectivity index (χ2n) is 8.34. The predicted molar refractivity (Wildman–Crippen MR) is 125 cm³/mol. The molecule has 0 aliphatic carbocycles. The Balaban J connectivity index is 0.000000169. The number of hydrogen-bond donors (Lipinski definition) is 6. The van der Waals surface area contributed by atoms with Crippen molar-refractivity contribution in [2.75, 3.05) is 18.9 Å². The zero-order chi connectivity index (χ0) is 25.4. The van der Waals surface area contributed by atoms with E-state index in [1.807, 2.05) is 0 Å². The van der Waals surface area contributed by atoms with E-state index in [4.69, 9.17) is 25.4 Å². The van der Waals surface area contributed by atoms with Gasteiger partial charge in [0, 0.05) is 0 Å². The molecule has 6 atom stereocenters. The molecule has 200 valence electrons. The summed E-state index contributed by atoms with van der Waals surface area (Å²) in [4.78, 5) is 34.0. The number of aromatic nitrogens is 8. The molecule has 0 aromatic carbocycles. The summed E-state index contributed by atoms with van der Waals surface area (Å²) in [5.41, 5.74) is 7.01. The molecule has 0 saturated carbocycles. The fraction of sp³-hybridized carbons (Fsp3) is 0.500. The number of nitrogen functional groups attached to an aromatic ring is 1. The van der Waals surface area contributed by atoms with E-state index >= 15 is 0 Å². The molecule has 2 aliphatic rings. The molecule has 2 fully saturated rings. The first-order valence-corrected chi connectivity index (χ1v) is 11.1. The highest BCUT2D eigenvalue weighted by Crippen LogP contribution is 2.32. The molecule has 2 aliphatic heterocycles. The summed E-state index contributed by atoms with van der Waals surface area (Å²) in [6.07, 6.45) is 2.72. The molecule has 4 aromatic rings. The SMILES string of the molecule is Nc1ncnc2c1ncn2[C@@H]1O[C@H](CO)[C@@H](O)[C@@H]1O.O.O=c1[nH]cnc2c1ncn2[C@H]1CC[C@@H](CO)O1. The first kappa shape index (κ1) is 26.5. The summed E-state index contributed by atoms with van der Waals surface area (Å²) in [7, 11) is 0. The topological polar surface area (TPSA) is 264 Å². The summed E-state index contributed by atoms with van der Waals surface area (Å²) in [5.74, 6) is 0.218. The van der Waals surface area contributed by atoms with Crippen LogP contribution in [0.1, 0.15) is 25.3 Å². The molecule has 0 unspecified atom stereocenters. The van der Waals surface area contributed by atoms with Crippen LogP contribution >= 0.6 is 0 Å². The Morgan fingerprint density at radius 2 is 1.68 bits per heavy atom. The Morgan fingerprint density at radius 3 is 2.38 bits per heavy atom. The molecule has 2 saturated heterocycles. The summed E-state index contributed by atoms with van der Waals surface area (Å²) >= 11 is 0. The monoisotopic (exact) mass is 521 g/mol. The van der Waals surface area contributed by atoms with Gasteiger partial charge < -0.3 is 46.1 Å². The minimum atomic E-state index is -1.19. The van der Waals surface area contributed by atoms with Gasteiger partial charge in [-0.05, 0) is 12.8 Å². The number of rotatable bonds is 4. The lowest BCUT2D eigenvalue weighted by Crippen LogP contribution is -2.33. The fourth-order valence-corrected chi connectivity index (χ4v) is 4.27. The number of anilines is 1. The Labute approximate surface area is 207 Å². The zero-order valence-corrected chi connectivity index (χ0v) is 19.3. The number of nitrogens with one attached hydrogen (secondary N) is 1. The second kappa shape index (κ2) is 10.8. The average Bonchev–Trinajstić information content (AvgIpc) is 3.66. The van der Waals surface area contributed by atoms with Gasteiger partial charge in [0.2, 0.25) is 0 Å². The van der Waals surface area contributed by atoms with Gasteiger partial charge in [0.15, 0.2) is 28.9 Å². The average molecular weight is 521 g/mol. The standard InChI is InChI=1S/C10H13N5O4.C10H12N4O3.H2O/c11-8-5-9(13-2-12-8)15(3-14-5)10-7(18)6(17)4(1-16)19-10;15-3-6-1-2-7(17-6)14-5-13-8-9(14)11-4-12-10(8)16;/h2-4,6-7,10,16-18H,1H2,(H2,11,12,13);4-7,15H,1-3H2,(H,11,12,16);1H2/t4-,6-,7+,10-;6-,7+;/m10./s1. The van der Waals surface area contributed by atoms with E-state index in [9.17, 15) is 15.0 Å². The minimum Gasteiger partial charge on any atom is -0.412 e. The van der Waals surface area contributed by atoms with Crippen LogP contribution in [-0.2, 0) is 9.47 Å². The third-order valence-corrected chi connectivity index (χ3v) is 6.14. The van der Waals surface area contributed by atoms with E-state index in [2.05, 4.69) is 29.9 Å². The van der Waals surface area contributed by atoms with Crippen molar-refractivity contribution in [2.45, 2.75) is 49.7 Å². The molecule has 9 N–H and O–H groups in total. The molecular weight excluding hydrogens is 494 g/mol. The number of ether oxygens (including phenoxy) is 2. The largest absolute Gasteiger partial charge is 0.412 e. The Kier molecular flexibility index (Phi) is 7.73. The van der Waals surface area contributed by atoms with E-state index in [1.54, 1.807) is 10.9 Å². The smallest absolute Gasteiger partial charge is 0.278 e. The van der Waals surface area contributed by atoms with Gasteiger partial charge in [-0.3, -0.25) is 13.9 Å². The molecule has 0 amide bonds. The van der Waals surface area contributed by atoms with Gasteiger partial charge in [-0.1, -0.05) is 0 Å². The van der Waals surface area contributed by atoms with Crippen LogP contribution in [0.5, 0.6) is 0 Å². The van der Waals surface area contributed by atoms with E-state index < -0.39 is 31.1 Å². The van der Waals surface area contributed by atoms with Crippen molar-refractivity contribution >= 4 is 28.1 Å². The summed E-state index contributed by atoms with van der Waals surface area (Å²) in [6, 6.07) is 0. The van der Waals surface area contributed by atoms with Crippen LogP contribution in [-0.4, -0.2) is 103 Å². The Hall–Kier alpha value is -3.58. The van der Waals surface area contributed by atoms with Gasteiger partial charge in [0.1, 0.15) is 36.4 Å². The maximum atomic E-state index is 11.5. The van der Waals surface area contributed by atoms with Crippen LogP contribution in [0.15, 0.2) is 30.1 Å². The maximum absolute atomic E-state index is 11.5. The van der Waals surface area contributed by atoms with Crippen LogP contribution in [0.25, 0.3) is 22.3 Å². The molecule has 4 aromatic heterocycles. The number of nitrogens with two attached hydrogens (primary N) is 1. The third-order valence-electron chi connectivity index (χ3n) is 6.14. The molecule has 17 nitrogen and oxygen atoms in total. The van der Waals surface area contributed by atoms with Crippen LogP contribution in [0.2, 0.25) is 0 Å². The van der Waals surface area contributed by atoms with Crippen molar-refractivity contribution in [3.8, 4) is 0 Å². The van der Waals surface area contributed by atoms with Gasteiger partial charge in [0.25, 0.3) is 5.56 Å². The zero-order valence-electron chi connectivity index (χ0n) is 19.3. The lowest BCUT2D eigenvalue weighted by molar-refractivity contribution is -0.0511. The van der Waals surface area contributed by atoms with Gasteiger partial charge >= 0.3 is 0 Å². The highest BCUT2D eigenvalue weighted by molar-refractivity contribution is 5.81. The number of nitrogens with zero attached hydrogens (tertiary/aromatic N) is 7. The normalized spacial score (nSPS) is 27.2. The van der Waals surface area contributed by atoms with Crippen LogP contribution < -0.4 is 11.3 Å². The Morgan fingerprint density at radius 1 is 0.946 bits per heavy atom. The van der Waals surface area contributed by atoms with Crippen molar-refractivity contribution in [1.82, 2.24) is 39.0 Å². The molecule has 0 bridgehead atoms.